The molecule has 1 heterocycles. The maximum absolute atomic E-state index is 13.8. The highest BCUT2D eigenvalue weighted by Crippen LogP contribution is 2.20. The van der Waals surface area contributed by atoms with Crippen LogP contribution in [0.3, 0.4) is 0 Å². The van der Waals surface area contributed by atoms with Crippen molar-refractivity contribution in [3.05, 3.63) is 53.4 Å². The molecule has 2 aromatic rings. The lowest BCUT2D eigenvalue weighted by molar-refractivity contribution is 0.480. The molecule has 0 saturated heterocycles. The average Bonchev–Trinajstić information content (AvgIpc) is 2.83. The molecule has 0 aliphatic carbocycles. The predicted octanol–water partition coefficient (Wildman–Crippen LogP) is 2.98. The summed E-state index contributed by atoms with van der Waals surface area (Å²) in [7, 11) is 1.86. The van der Waals surface area contributed by atoms with Crippen molar-refractivity contribution in [2.24, 2.45) is 7.05 Å². The Morgan fingerprint density at radius 2 is 2.10 bits per heavy atom. The highest BCUT2D eigenvalue weighted by Gasteiger charge is 2.17. The first kappa shape index (κ1) is 14.7. The summed E-state index contributed by atoms with van der Waals surface area (Å²) >= 11 is 0. The first-order chi connectivity index (χ1) is 9.61. The van der Waals surface area contributed by atoms with Gasteiger partial charge >= 0.3 is 0 Å². The van der Waals surface area contributed by atoms with Gasteiger partial charge in [-0.2, -0.15) is 5.10 Å². The third kappa shape index (κ3) is 3.42. The van der Waals surface area contributed by atoms with E-state index in [0.29, 0.717) is 12.0 Å². The second-order valence-corrected chi connectivity index (χ2v) is 4.83. The fraction of sp³-hybridized carbons (Fsp3) is 0.400. The van der Waals surface area contributed by atoms with Crippen LogP contribution in [0.1, 0.15) is 30.6 Å². The van der Waals surface area contributed by atoms with E-state index in [0.717, 1.165) is 24.7 Å². The molecule has 108 valence electrons. The van der Waals surface area contributed by atoms with Crippen LogP contribution in [-0.2, 0) is 13.5 Å². The smallest absolute Gasteiger partial charge is 0.129 e. The molecule has 2 rings (SSSR count). The maximum Gasteiger partial charge on any atom is 0.129 e. The van der Waals surface area contributed by atoms with E-state index in [1.54, 1.807) is 10.9 Å². The van der Waals surface area contributed by atoms with Crippen LogP contribution in [0.25, 0.3) is 0 Å². The van der Waals surface area contributed by atoms with Gasteiger partial charge in [0.15, 0.2) is 0 Å². The normalized spacial score (nSPS) is 12.6. The molecule has 0 bridgehead atoms. The standard InChI is InChI=1S/C15H19F2N3/c1-3-7-18-14(15-6-8-19-20(15)2)9-11-4-5-12(16)10-13(11)17/h4-6,8,10,14,18H,3,7,9H2,1-2H3. The average molecular weight is 279 g/mol. The molecule has 0 fully saturated rings. The lowest BCUT2D eigenvalue weighted by Gasteiger charge is -2.19. The van der Waals surface area contributed by atoms with Crippen molar-refractivity contribution in [2.45, 2.75) is 25.8 Å². The van der Waals surface area contributed by atoms with Gasteiger partial charge in [0.2, 0.25) is 0 Å². The number of nitrogens with zero attached hydrogens (tertiary/aromatic N) is 2. The van der Waals surface area contributed by atoms with E-state index in [-0.39, 0.29) is 6.04 Å². The molecule has 0 radical (unpaired) electrons. The summed E-state index contributed by atoms with van der Waals surface area (Å²) in [4.78, 5) is 0. The van der Waals surface area contributed by atoms with Crippen LogP contribution in [-0.4, -0.2) is 16.3 Å². The zero-order chi connectivity index (χ0) is 14.5. The molecule has 1 N–H and O–H groups in total. The third-order valence-corrected chi connectivity index (χ3v) is 3.30. The van der Waals surface area contributed by atoms with Gasteiger partial charge in [-0.1, -0.05) is 13.0 Å². The monoisotopic (exact) mass is 279 g/mol. The van der Waals surface area contributed by atoms with Crippen molar-refractivity contribution in [3.63, 3.8) is 0 Å². The zero-order valence-corrected chi connectivity index (χ0v) is 11.7. The number of benzene rings is 1. The maximum atomic E-state index is 13.8. The predicted molar refractivity (Wildman–Crippen MR) is 74.3 cm³/mol. The molecule has 0 spiro atoms. The highest BCUT2D eigenvalue weighted by molar-refractivity contribution is 5.22. The minimum absolute atomic E-state index is 0.0394. The summed E-state index contributed by atoms with van der Waals surface area (Å²) in [5.41, 5.74) is 1.49. The van der Waals surface area contributed by atoms with Crippen molar-refractivity contribution >= 4 is 0 Å². The minimum Gasteiger partial charge on any atom is -0.308 e. The van der Waals surface area contributed by atoms with Crippen molar-refractivity contribution < 1.29 is 8.78 Å². The fourth-order valence-electron chi connectivity index (χ4n) is 2.23. The molecule has 0 amide bonds. The molecule has 1 unspecified atom stereocenters. The van der Waals surface area contributed by atoms with Gasteiger partial charge in [0, 0.05) is 19.3 Å². The van der Waals surface area contributed by atoms with E-state index in [1.807, 2.05) is 13.1 Å². The molecule has 0 aliphatic rings. The van der Waals surface area contributed by atoms with E-state index in [2.05, 4.69) is 17.3 Å². The Balaban J connectivity index is 2.21. The Morgan fingerprint density at radius 1 is 1.30 bits per heavy atom. The van der Waals surface area contributed by atoms with Gasteiger partial charge in [-0.3, -0.25) is 4.68 Å². The lowest BCUT2D eigenvalue weighted by Crippen LogP contribution is -2.26. The summed E-state index contributed by atoms with van der Waals surface area (Å²) in [6.07, 6.45) is 3.17. The van der Waals surface area contributed by atoms with Crippen LogP contribution in [0.5, 0.6) is 0 Å². The number of hydrogen-bond acceptors (Lipinski definition) is 2. The van der Waals surface area contributed by atoms with Crippen LogP contribution in [0, 0.1) is 11.6 Å². The fourth-order valence-corrected chi connectivity index (χ4v) is 2.23. The van der Waals surface area contributed by atoms with Crippen LogP contribution >= 0.6 is 0 Å². The van der Waals surface area contributed by atoms with E-state index in [4.69, 9.17) is 0 Å². The lowest BCUT2D eigenvalue weighted by atomic mass is 10.0. The molecular formula is C15H19F2N3. The van der Waals surface area contributed by atoms with Gasteiger partial charge in [0.1, 0.15) is 11.6 Å². The third-order valence-electron chi connectivity index (χ3n) is 3.30. The number of rotatable bonds is 6. The topological polar surface area (TPSA) is 29.9 Å². The number of aromatic nitrogens is 2. The van der Waals surface area contributed by atoms with E-state index < -0.39 is 11.6 Å². The number of nitrogens with one attached hydrogen (secondary N) is 1. The number of aryl methyl sites for hydroxylation is 1. The summed E-state index contributed by atoms with van der Waals surface area (Å²) in [6.45, 7) is 2.91. The quantitative estimate of drug-likeness (QED) is 0.881. The Morgan fingerprint density at radius 3 is 2.70 bits per heavy atom. The molecule has 0 saturated carbocycles. The molecule has 0 aliphatic heterocycles. The van der Waals surface area contributed by atoms with E-state index >= 15 is 0 Å². The van der Waals surface area contributed by atoms with Crippen LogP contribution in [0.4, 0.5) is 8.78 Å². The summed E-state index contributed by atoms with van der Waals surface area (Å²) in [6, 6.07) is 5.59. The van der Waals surface area contributed by atoms with Crippen LogP contribution < -0.4 is 5.32 Å². The zero-order valence-electron chi connectivity index (χ0n) is 11.7. The summed E-state index contributed by atoms with van der Waals surface area (Å²) in [5, 5.41) is 7.53. The Bertz CT molecular complexity index is 566. The van der Waals surface area contributed by atoms with Crippen molar-refractivity contribution in [1.82, 2.24) is 15.1 Å². The van der Waals surface area contributed by atoms with Crippen LogP contribution in [0.15, 0.2) is 30.5 Å². The first-order valence-electron chi connectivity index (χ1n) is 6.77. The largest absolute Gasteiger partial charge is 0.308 e. The van der Waals surface area contributed by atoms with Gasteiger partial charge in [0.05, 0.1) is 11.7 Å². The molecule has 20 heavy (non-hydrogen) atoms. The second-order valence-electron chi connectivity index (χ2n) is 4.83. The molecule has 1 aromatic carbocycles. The number of halogens is 2. The molecule has 3 nitrogen and oxygen atoms in total. The minimum atomic E-state index is -0.551. The molecule has 5 heteroatoms. The van der Waals surface area contributed by atoms with Gasteiger partial charge < -0.3 is 5.32 Å². The molecular weight excluding hydrogens is 260 g/mol. The summed E-state index contributed by atoms with van der Waals surface area (Å²) in [5.74, 6) is -1.06. The van der Waals surface area contributed by atoms with E-state index in [1.165, 1.54) is 12.1 Å². The van der Waals surface area contributed by atoms with Gasteiger partial charge in [0.25, 0.3) is 0 Å². The highest BCUT2D eigenvalue weighted by atomic mass is 19.1. The molecule has 1 aromatic heterocycles. The van der Waals surface area contributed by atoms with Crippen molar-refractivity contribution in [2.75, 3.05) is 6.54 Å². The van der Waals surface area contributed by atoms with Gasteiger partial charge in [-0.25, -0.2) is 8.78 Å². The Kier molecular flexibility index (Phi) is 4.84. The Hall–Kier alpha value is -1.75. The van der Waals surface area contributed by atoms with E-state index in [9.17, 15) is 8.78 Å². The number of hydrogen-bond donors (Lipinski definition) is 1. The molecule has 1 atom stereocenters. The first-order valence-corrected chi connectivity index (χ1v) is 6.77. The van der Waals surface area contributed by atoms with Gasteiger partial charge in [-0.15, -0.1) is 0 Å². The SMILES string of the molecule is CCCNC(Cc1ccc(F)cc1F)c1ccnn1C. The van der Waals surface area contributed by atoms with Crippen molar-refractivity contribution in [3.8, 4) is 0 Å². The second kappa shape index (κ2) is 6.61. The van der Waals surface area contributed by atoms with Gasteiger partial charge in [-0.05, 0) is 37.1 Å². The van der Waals surface area contributed by atoms with Crippen LogP contribution in [0.2, 0.25) is 0 Å². The van der Waals surface area contributed by atoms with Crippen molar-refractivity contribution in [1.29, 1.82) is 0 Å². The Labute approximate surface area is 117 Å². The summed E-state index contributed by atoms with van der Waals surface area (Å²) < 4.78 is 28.5.